The zero-order chi connectivity index (χ0) is 19.2. The molecule has 144 valence electrons. The first-order chi connectivity index (χ1) is 13.0. The number of rotatable bonds is 6. The van der Waals surface area contributed by atoms with Crippen LogP contribution in [0.4, 0.5) is 5.82 Å². The molecule has 1 aromatic heterocycles. The van der Waals surface area contributed by atoms with E-state index in [2.05, 4.69) is 20.2 Å². The van der Waals surface area contributed by atoms with E-state index in [1.54, 1.807) is 12.3 Å². The smallest absolute Gasteiger partial charge is 0.230 e. The number of likely N-dealkylation sites (tertiary alicyclic amines) is 1. The highest BCUT2D eigenvalue weighted by Gasteiger charge is 2.21. The van der Waals surface area contributed by atoms with Crippen molar-refractivity contribution >= 4 is 46.7 Å². The van der Waals surface area contributed by atoms with E-state index in [-0.39, 0.29) is 17.7 Å². The predicted molar refractivity (Wildman–Crippen MR) is 110 cm³/mol. The van der Waals surface area contributed by atoms with Gasteiger partial charge in [-0.3, -0.25) is 9.69 Å². The Labute approximate surface area is 172 Å². The number of nitrogens with zero attached hydrogens (tertiary/aromatic N) is 3. The molecule has 1 saturated heterocycles. The van der Waals surface area contributed by atoms with Crippen molar-refractivity contribution < 1.29 is 4.79 Å². The summed E-state index contributed by atoms with van der Waals surface area (Å²) in [6.45, 7) is 2.69. The SMILES string of the molecule is Nc1ccnc(SCC(=O)NC2CCN(Cc3ccc(Cl)c(Cl)c3)CC2)n1. The molecule has 27 heavy (non-hydrogen) atoms. The third-order valence-electron chi connectivity index (χ3n) is 4.33. The van der Waals surface area contributed by atoms with Crippen molar-refractivity contribution in [2.24, 2.45) is 0 Å². The number of aromatic nitrogens is 2. The molecule has 1 aromatic carbocycles. The first kappa shape index (κ1) is 20.2. The number of carbonyl (C=O) groups excluding carboxylic acids is 1. The van der Waals surface area contributed by atoms with Crippen molar-refractivity contribution in [3.63, 3.8) is 0 Å². The lowest BCUT2D eigenvalue weighted by molar-refractivity contribution is -0.119. The molecule has 0 unspecified atom stereocenters. The quantitative estimate of drug-likeness (QED) is 0.545. The fourth-order valence-electron chi connectivity index (χ4n) is 2.95. The van der Waals surface area contributed by atoms with Crippen LogP contribution in [0, 0.1) is 0 Å². The molecule has 0 atom stereocenters. The maximum atomic E-state index is 12.2. The average molecular weight is 426 g/mol. The molecule has 3 rings (SSSR count). The summed E-state index contributed by atoms with van der Waals surface area (Å²) >= 11 is 13.3. The zero-order valence-electron chi connectivity index (χ0n) is 14.7. The van der Waals surface area contributed by atoms with Crippen LogP contribution in [0.15, 0.2) is 35.6 Å². The highest BCUT2D eigenvalue weighted by molar-refractivity contribution is 7.99. The second kappa shape index (κ2) is 9.59. The van der Waals surface area contributed by atoms with E-state index < -0.39 is 0 Å². The molecule has 0 aliphatic carbocycles. The molecule has 1 fully saturated rings. The van der Waals surface area contributed by atoms with Crippen LogP contribution in [0.5, 0.6) is 0 Å². The van der Waals surface area contributed by atoms with Crippen LogP contribution in [0.3, 0.4) is 0 Å². The van der Waals surface area contributed by atoms with Gasteiger partial charge in [0, 0.05) is 31.9 Å². The Morgan fingerprint density at radius 2 is 2.04 bits per heavy atom. The van der Waals surface area contributed by atoms with E-state index in [0.29, 0.717) is 21.0 Å². The van der Waals surface area contributed by atoms with E-state index in [9.17, 15) is 4.79 Å². The third-order valence-corrected chi connectivity index (χ3v) is 5.93. The number of hydrogen-bond donors (Lipinski definition) is 2. The average Bonchev–Trinajstić information content (AvgIpc) is 2.65. The van der Waals surface area contributed by atoms with Crippen molar-refractivity contribution in [2.45, 2.75) is 30.6 Å². The van der Waals surface area contributed by atoms with Crippen LogP contribution >= 0.6 is 35.0 Å². The molecule has 1 aliphatic heterocycles. The van der Waals surface area contributed by atoms with Gasteiger partial charge in [-0.2, -0.15) is 0 Å². The number of amides is 1. The molecular weight excluding hydrogens is 405 g/mol. The molecule has 3 N–H and O–H groups in total. The Morgan fingerprint density at radius 3 is 2.74 bits per heavy atom. The van der Waals surface area contributed by atoms with Gasteiger partial charge in [0.2, 0.25) is 5.91 Å². The minimum atomic E-state index is -0.00559. The van der Waals surface area contributed by atoms with Gasteiger partial charge in [-0.05, 0) is 36.6 Å². The molecule has 1 aliphatic rings. The Hall–Kier alpha value is -1.54. The van der Waals surface area contributed by atoms with Gasteiger partial charge < -0.3 is 11.1 Å². The second-order valence-electron chi connectivity index (χ2n) is 6.42. The van der Waals surface area contributed by atoms with Crippen molar-refractivity contribution in [3.8, 4) is 0 Å². The van der Waals surface area contributed by atoms with Gasteiger partial charge in [-0.1, -0.05) is 41.0 Å². The minimum Gasteiger partial charge on any atom is -0.384 e. The minimum absolute atomic E-state index is 0.00559. The van der Waals surface area contributed by atoms with Gasteiger partial charge in [0.1, 0.15) is 5.82 Å². The Kier molecular flexibility index (Phi) is 7.18. The molecule has 0 bridgehead atoms. The number of carbonyl (C=O) groups is 1. The molecule has 0 radical (unpaired) electrons. The number of anilines is 1. The molecule has 0 saturated carbocycles. The molecule has 9 heteroatoms. The number of thioether (sulfide) groups is 1. The topological polar surface area (TPSA) is 84.1 Å². The molecule has 1 amide bonds. The maximum Gasteiger partial charge on any atom is 0.230 e. The summed E-state index contributed by atoms with van der Waals surface area (Å²) in [7, 11) is 0. The van der Waals surface area contributed by atoms with E-state index in [0.717, 1.165) is 38.0 Å². The fourth-order valence-corrected chi connectivity index (χ4v) is 3.92. The van der Waals surface area contributed by atoms with E-state index in [1.807, 2.05) is 18.2 Å². The van der Waals surface area contributed by atoms with Crippen molar-refractivity contribution in [3.05, 3.63) is 46.1 Å². The number of nitrogen functional groups attached to an aromatic ring is 1. The summed E-state index contributed by atoms with van der Waals surface area (Å²) in [5.41, 5.74) is 6.76. The largest absolute Gasteiger partial charge is 0.384 e. The highest BCUT2D eigenvalue weighted by atomic mass is 35.5. The van der Waals surface area contributed by atoms with Gasteiger partial charge in [-0.25, -0.2) is 9.97 Å². The van der Waals surface area contributed by atoms with Gasteiger partial charge in [0.05, 0.1) is 15.8 Å². The van der Waals surface area contributed by atoms with Crippen LogP contribution in [0.2, 0.25) is 10.0 Å². The highest BCUT2D eigenvalue weighted by Crippen LogP contribution is 2.24. The summed E-state index contributed by atoms with van der Waals surface area (Å²) in [4.78, 5) is 22.7. The van der Waals surface area contributed by atoms with Gasteiger partial charge >= 0.3 is 0 Å². The summed E-state index contributed by atoms with van der Waals surface area (Å²) in [5.74, 6) is 0.684. The summed E-state index contributed by atoms with van der Waals surface area (Å²) < 4.78 is 0. The normalized spacial score (nSPS) is 15.6. The standard InChI is InChI=1S/C18H21Cl2N5OS/c19-14-2-1-12(9-15(14)20)10-25-7-4-13(5-8-25)23-17(26)11-27-18-22-6-3-16(21)24-18/h1-3,6,9,13H,4-5,7-8,10-11H2,(H,23,26)(H2,21,22,24). The Bertz CT molecular complexity index is 799. The van der Waals surface area contributed by atoms with E-state index >= 15 is 0 Å². The molecule has 6 nitrogen and oxygen atoms in total. The van der Waals surface area contributed by atoms with Gasteiger partial charge in [0.15, 0.2) is 5.16 Å². The van der Waals surface area contributed by atoms with E-state index in [1.165, 1.54) is 11.8 Å². The Balaban J connectivity index is 1.39. The summed E-state index contributed by atoms with van der Waals surface area (Å²) in [6, 6.07) is 7.56. The first-order valence-electron chi connectivity index (χ1n) is 8.66. The number of halogens is 2. The molecular formula is C18H21Cl2N5OS. The van der Waals surface area contributed by atoms with Crippen LogP contribution < -0.4 is 11.1 Å². The maximum absolute atomic E-state index is 12.2. The van der Waals surface area contributed by atoms with Crippen LogP contribution in [-0.2, 0) is 11.3 Å². The lowest BCUT2D eigenvalue weighted by Gasteiger charge is -2.32. The Morgan fingerprint density at radius 1 is 1.26 bits per heavy atom. The third kappa shape index (κ3) is 6.24. The number of piperidine rings is 1. The zero-order valence-corrected chi connectivity index (χ0v) is 17.0. The van der Waals surface area contributed by atoms with Gasteiger partial charge in [-0.15, -0.1) is 0 Å². The van der Waals surface area contributed by atoms with Crippen LogP contribution in [0.25, 0.3) is 0 Å². The predicted octanol–water partition coefficient (Wildman–Crippen LogP) is 3.24. The van der Waals surface area contributed by atoms with Crippen LogP contribution in [-0.4, -0.2) is 45.7 Å². The molecule has 2 heterocycles. The van der Waals surface area contributed by atoms with E-state index in [4.69, 9.17) is 28.9 Å². The number of hydrogen-bond acceptors (Lipinski definition) is 6. The summed E-state index contributed by atoms with van der Waals surface area (Å²) in [6.07, 6.45) is 3.44. The van der Waals surface area contributed by atoms with Gasteiger partial charge in [0.25, 0.3) is 0 Å². The van der Waals surface area contributed by atoms with Crippen molar-refractivity contribution in [1.82, 2.24) is 20.2 Å². The summed E-state index contributed by atoms with van der Waals surface area (Å²) in [5, 5.41) is 4.76. The van der Waals surface area contributed by atoms with Crippen molar-refractivity contribution in [2.75, 3.05) is 24.6 Å². The molecule has 2 aromatic rings. The number of benzene rings is 1. The molecule has 0 spiro atoms. The lowest BCUT2D eigenvalue weighted by atomic mass is 10.0. The van der Waals surface area contributed by atoms with Crippen molar-refractivity contribution in [1.29, 1.82) is 0 Å². The fraction of sp³-hybridized carbons (Fsp3) is 0.389. The monoisotopic (exact) mass is 425 g/mol. The van der Waals surface area contributed by atoms with Crippen LogP contribution in [0.1, 0.15) is 18.4 Å². The first-order valence-corrected chi connectivity index (χ1v) is 10.4. The second-order valence-corrected chi connectivity index (χ2v) is 8.18. The number of nitrogens with two attached hydrogens (primary N) is 1. The lowest BCUT2D eigenvalue weighted by Crippen LogP contribution is -2.44. The number of nitrogens with one attached hydrogen (secondary N) is 1.